The molecule has 2 aliphatic carbocycles. The van der Waals surface area contributed by atoms with Gasteiger partial charge in [0.1, 0.15) is 29.6 Å². The highest BCUT2D eigenvalue weighted by atomic mass is 16.7. The third-order valence-electron chi connectivity index (χ3n) is 8.19. The lowest BCUT2D eigenvalue weighted by molar-refractivity contribution is -0.248. The van der Waals surface area contributed by atoms with Gasteiger partial charge in [-0.3, -0.25) is 15.0 Å². The minimum absolute atomic E-state index is 0.0184. The van der Waals surface area contributed by atoms with Crippen LogP contribution < -0.4 is 21.3 Å². The van der Waals surface area contributed by atoms with Crippen molar-refractivity contribution in [2.45, 2.75) is 68.5 Å². The summed E-state index contributed by atoms with van der Waals surface area (Å²) in [5.41, 5.74) is 8.44. The molecule has 3 aliphatic rings. The van der Waals surface area contributed by atoms with Crippen molar-refractivity contribution in [1.29, 1.82) is 0 Å². The number of rotatable bonds is 7. The van der Waals surface area contributed by atoms with Gasteiger partial charge in [0.15, 0.2) is 12.1 Å². The Morgan fingerprint density at radius 3 is 2.51 bits per heavy atom. The quantitative estimate of drug-likeness (QED) is 0.111. The highest BCUT2D eigenvalue weighted by molar-refractivity contribution is 6.31. The number of aliphatic hydroxyl groups is 2. The van der Waals surface area contributed by atoms with Gasteiger partial charge >= 0.3 is 0 Å². The largest absolute Gasteiger partial charge is 0.507 e. The van der Waals surface area contributed by atoms with E-state index in [2.05, 4.69) is 10.9 Å². The summed E-state index contributed by atoms with van der Waals surface area (Å²) in [4.78, 5) is 39.4. The fourth-order valence-electron chi connectivity index (χ4n) is 6.11. The lowest BCUT2D eigenvalue weighted by Gasteiger charge is -2.44. The summed E-state index contributed by atoms with van der Waals surface area (Å²) in [6.45, 7) is 1.61. The normalized spacial score (nSPS) is 29.8. The third-order valence-corrected chi connectivity index (χ3v) is 8.19. The van der Waals surface area contributed by atoms with Gasteiger partial charge in [0, 0.05) is 42.0 Å². The Hall–Kier alpha value is -3.43. The second kappa shape index (κ2) is 10.8. The maximum atomic E-state index is 13.8. The van der Waals surface area contributed by atoms with Crippen molar-refractivity contribution < 1.29 is 49.0 Å². The van der Waals surface area contributed by atoms with E-state index in [0.717, 1.165) is 0 Å². The summed E-state index contributed by atoms with van der Waals surface area (Å²) in [5, 5.41) is 45.1. The molecule has 2 aromatic carbocycles. The van der Waals surface area contributed by atoms with Crippen LogP contribution in [-0.2, 0) is 20.7 Å². The number of carbonyl (C=O) groups excluding carboxylic acids is 3. The number of ketones is 2. The number of hydrogen-bond acceptors (Lipinski definition) is 13. The van der Waals surface area contributed by atoms with Crippen LogP contribution in [0.5, 0.6) is 17.2 Å². The molecule has 0 radical (unpaired) electrons. The van der Waals surface area contributed by atoms with E-state index in [1.165, 1.54) is 32.4 Å². The number of hydrogen-bond donors (Lipinski definition) is 7. The molecule has 0 bridgehead atoms. The van der Waals surface area contributed by atoms with Gasteiger partial charge in [-0.15, -0.1) is 0 Å². The van der Waals surface area contributed by atoms with Crippen molar-refractivity contribution in [2.24, 2.45) is 5.73 Å². The van der Waals surface area contributed by atoms with Crippen LogP contribution in [0.15, 0.2) is 18.2 Å². The van der Waals surface area contributed by atoms with Gasteiger partial charge in [0.25, 0.3) is 0 Å². The third kappa shape index (κ3) is 4.59. The Morgan fingerprint density at radius 2 is 1.88 bits per heavy atom. The number of phenolic OH excluding ortho intramolecular Hbond substituents is 2. The number of benzene rings is 2. The molecule has 1 saturated heterocycles. The van der Waals surface area contributed by atoms with Crippen LogP contribution >= 0.6 is 0 Å². The summed E-state index contributed by atoms with van der Waals surface area (Å²) in [7, 11) is 2.84. The first kappa shape index (κ1) is 29.1. The number of nitrogens with one attached hydrogen (secondary N) is 2. The molecule has 41 heavy (non-hydrogen) atoms. The van der Waals surface area contributed by atoms with E-state index in [9.17, 15) is 34.8 Å². The van der Waals surface area contributed by atoms with Crippen LogP contribution in [0.2, 0.25) is 0 Å². The lowest BCUT2D eigenvalue weighted by Crippen LogP contribution is -2.59. The summed E-state index contributed by atoms with van der Waals surface area (Å²) < 4.78 is 17.3. The molecule has 0 spiro atoms. The van der Waals surface area contributed by atoms with Gasteiger partial charge < -0.3 is 45.2 Å². The van der Waals surface area contributed by atoms with E-state index < -0.39 is 76.5 Å². The molecule has 8 N–H and O–H groups in total. The predicted molar refractivity (Wildman–Crippen MR) is 142 cm³/mol. The average molecular weight is 572 g/mol. The Balaban J connectivity index is 1.69. The number of nitrogens with two attached hydrogens (primary N) is 1. The smallest absolute Gasteiger partial charge is 0.202 e. The van der Waals surface area contributed by atoms with Gasteiger partial charge in [0.2, 0.25) is 5.78 Å². The molecule has 6 unspecified atom stereocenters. The van der Waals surface area contributed by atoms with Gasteiger partial charge in [-0.1, -0.05) is 12.1 Å². The minimum Gasteiger partial charge on any atom is -0.507 e. The molecular formula is C28H33N3O10. The number of phenols is 2. The first-order chi connectivity index (χ1) is 19.5. The number of hydrazine groups is 1. The van der Waals surface area contributed by atoms with Gasteiger partial charge in [-0.05, 0) is 20.0 Å². The topological polar surface area (TPSA) is 210 Å². The van der Waals surface area contributed by atoms with Crippen LogP contribution in [0.3, 0.4) is 0 Å². The number of ether oxygens (including phenoxy) is 3. The zero-order valence-corrected chi connectivity index (χ0v) is 22.7. The molecule has 220 valence electrons. The van der Waals surface area contributed by atoms with Crippen LogP contribution in [0.25, 0.3) is 0 Å². The van der Waals surface area contributed by atoms with Crippen LogP contribution in [0, 0.1) is 0 Å². The monoisotopic (exact) mass is 571 g/mol. The Kier molecular flexibility index (Phi) is 7.63. The molecule has 1 aliphatic heterocycles. The molecule has 13 nitrogen and oxygen atoms in total. The van der Waals surface area contributed by atoms with Crippen molar-refractivity contribution >= 4 is 17.9 Å². The van der Waals surface area contributed by atoms with Crippen LogP contribution in [-0.4, -0.2) is 88.6 Å². The SMILES string of the molecule is CNNC(C=O)[C@]1(O)Cc2c(O)c3c(c(O)c2C(OC2CC(N)C(O)C(C)O2)C1)C(=O)c1c(OC)cccc1C3=O. The van der Waals surface area contributed by atoms with Crippen molar-refractivity contribution in [3.63, 3.8) is 0 Å². The number of aliphatic hydroxyl groups excluding tert-OH is 1. The lowest BCUT2D eigenvalue weighted by atomic mass is 9.71. The summed E-state index contributed by atoms with van der Waals surface area (Å²) in [5.74, 6) is -2.56. The van der Waals surface area contributed by atoms with E-state index in [1.807, 2.05) is 0 Å². The molecule has 2 aromatic rings. The van der Waals surface area contributed by atoms with E-state index in [0.29, 0.717) is 6.29 Å². The molecular weight excluding hydrogens is 538 g/mol. The van der Waals surface area contributed by atoms with E-state index in [1.54, 1.807) is 6.92 Å². The minimum atomic E-state index is -1.88. The van der Waals surface area contributed by atoms with Crippen molar-refractivity contribution in [3.05, 3.63) is 51.6 Å². The van der Waals surface area contributed by atoms with Gasteiger partial charge in [0.05, 0.1) is 47.7 Å². The number of aromatic hydroxyl groups is 2. The Labute approximate surface area is 235 Å². The second-order valence-electron chi connectivity index (χ2n) is 10.7. The number of methoxy groups -OCH3 is 1. The molecule has 0 amide bonds. The molecule has 13 heteroatoms. The molecule has 7 atom stereocenters. The fraction of sp³-hybridized carbons (Fsp3) is 0.464. The average Bonchev–Trinajstić information content (AvgIpc) is 2.94. The van der Waals surface area contributed by atoms with Crippen molar-refractivity contribution in [3.8, 4) is 17.2 Å². The van der Waals surface area contributed by atoms with Crippen LogP contribution in [0.1, 0.15) is 68.8 Å². The van der Waals surface area contributed by atoms with E-state index in [4.69, 9.17) is 19.9 Å². The number of carbonyl (C=O) groups is 3. The second-order valence-corrected chi connectivity index (χ2v) is 10.7. The predicted octanol–water partition coefficient (Wildman–Crippen LogP) is -0.269. The standard InChI is InChI=1S/C28H33N3O10/c1-11-23(33)14(29)7-18(40-11)41-16-9-28(38,17(10-32)31-30-2)8-13-20(16)27(37)22-21(25(13)35)24(34)12-5-4-6-15(39-3)19(12)26(22)36/h4-6,10-11,14,16-18,23,30-31,33,35,37-38H,7-9,29H2,1-3H3/t11?,14?,16?,17?,18?,23?,28-/m0/s1. The molecule has 0 saturated carbocycles. The Bertz CT molecular complexity index is 1400. The Morgan fingerprint density at radius 1 is 1.17 bits per heavy atom. The van der Waals surface area contributed by atoms with Crippen LogP contribution in [0.4, 0.5) is 0 Å². The highest BCUT2D eigenvalue weighted by Gasteiger charge is 2.50. The maximum Gasteiger partial charge on any atom is 0.202 e. The van der Waals surface area contributed by atoms with Crippen molar-refractivity contribution in [2.75, 3.05) is 14.2 Å². The zero-order chi connectivity index (χ0) is 29.8. The fourth-order valence-corrected chi connectivity index (χ4v) is 6.11. The first-order valence-electron chi connectivity index (χ1n) is 13.2. The van der Waals surface area contributed by atoms with E-state index >= 15 is 0 Å². The van der Waals surface area contributed by atoms with Gasteiger partial charge in [-0.2, -0.15) is 0 Å². The van der Waals surface area contributed by atoms with Crippen molar-refractivity contribution in [1.82, 2.24) is 10.9 Å². The molecule has 5 rings (SSSR count). The van der Waals surface area contributed by atoms with E-state index in [-0.39, 0.29) is 47.3 Å². The van der Waals surface area contributed by atoms with Gasteiger partial charge in [-0.25, -0.2) is 5.43 Å². The summed E-state index contributed by atoms with van der Waals surface area (Å²) in [6, 6.07) is 2.54. The zero-order valence-electron chi connectivity index (χ0n) is 22.7. The molecule has 1 heterocycles. The highest BCUT2D eigenvalue weighted by Crippen LogP contribution is 2.52. The molecule has 0 aromatic heterocycles. The summed E-state index contributed by atoms with van der Waals surface area (Å²) >= 11 is 0. The number of aldehydes is 1. The molecule has 1 fully saturated rings. The maximum absolute atomic E-state index is 13.8. The summed E-state index contributed by atoms with van der Waals surface area (Å²) in [6.07, 6.45) is -4.01. The number of fused-ring (bicyclic) bond motifs is 3. The first-order valence-corrected chi connectivity index (χ1v) is 13.2.